The van der Waals surface area contributed by atoms with E-state index in [0.717, 1.165) is 30.7 Å². The summed E-state index contributed by atoms with van der Waals surface area (Å²) in [7, 11) is 0. The molecule has 1 aromatic rings. The normalized spacial score (nSPS) is 24.6. The Bertz CT molecular complexity index is 393. The quantitative estimate of drug-likeness (QED) is 0.908. The molecule has 1 N–H and O–H groups in total. The van der Waals surface area contributed by atoms with Crippen LogP contribution in [0.25, 0.3) is 0 Å². The zero-order valence-electron chi connectivity index (χ0n) is 12.7. The Kier molecular flexibility index (Phi) is 4.55. The zero-order chi connectivity index (χ0) is 13.9. The van der Waals surface area contributed by atoms with Crippen LogP contribution in [0.3, 0.4) is 0 Å². The Morgan fingerprint density at radius 3 is 2.79 bits per heavy atom. The molecule has 1 aromatic heterocycles. The molecule has 0 radical (unpaired) electrons. The fraction of sp³-hybridized carbons (Fsp3) is 0.929. The van der Waals surface area contributed by atoms with Crippen LogP contribution in [0.4, 0.5) is 0 Å². The lowest BCUT2D eigenvalue weighted by Gasteiger charge is -2.26. The molecule has 0 bridgehead atoms. The first-order valence-electron chi connectivity index (χ1n) is 7.44. The molecule has 1 aliphatic rings. The third kappa shape index (κ3) is 4.56. The molecule has 0 aromatic carbocycles. The Morgan fingerprint density at radius 2 is 2.11 bits per heavy atom. The Labute approximate surface area is 116 Å². The lowest BCUT2D eigenvalue weighted by molar-refractivity contribution is 0.245. The molecule has 1 saturated carbocycles. The Hall–Kier alpha value is -0.970. The maximum absolute atomic E-state index is 4.15. The van der Waals surface area contributed by atoms with E-state index in [-0.39, 0.29) is 5.54 Å². The van der Waals surface area contributed by atoms with Crippen LogP contribution in [0.15, 0.2) is 0 Å². The van der Waals surface area contributed by atoms with E-state index in [9.17, 15) is 0 Å². The summed E-state index contributed by atoms with van der Waals surface area (Å²) in [6.07, 6.45) is 5.36. The van der Waals surface area contributed by atoms with Crippen LogP contribution in [0.1, 0.15) is 59.2 Å². The second-order valence-electron chi connectivity index (χ2n) is 7.02. The van der Waals surface area contributed by atoms with Crippen LogP contribution in [0.5, 0.6) is 0 Å². The third-order valence-corrected chi connectivity index (χ3v) is 3.86. The van der Waals surface area contributed by atoms with Crippen molar-refractivity contribution in [2.24, 2.45) is 11.8 Å². The molecule has 0 spiro atoms. The lowest BCUT2D eigenvalue weighted by atomic mass is 9.82. The molecule has 0 amide bonds. The molecule has 2 unspecified atom stereocenters. The summed E-state index contributed by atoms with van der Waals surface area (Å²) < 4.78 is 1.99. The molecular weight excluding hydrogens is 238 g/mol. The van der Waals surface area contributed by atoms with Crippen molar-refractivity contribution < 1.29 is 0 Å². The summed E-state index contributed by atoms with van der Waals surface area (Å²) in [6.45, 7) is 10.5. The van der Waals surface area contributed by atoms with Crippen molar-refractivity contribution in [2.45, 2.75) is 72.0 Å². The summed E-state index contributed by atoms with van der Waals surface area (Å²) in [4.78, 5) is 0. The van der Waals surface area contributed by atoms with E-state index in [1.54, 1.807) is 0 Å². The smallest absolute Gasteiger partial charge is 0.165 e. The van der Waals surface area contributed by atoms with Gasteiger partial charge in [0.2, 0.25) is 0 Å². The number of rotatable bonds is 4. The van der Waals surface area contributed by atoms with Gasteiger partial charge >= 0.3 is 0 Å². The predicted molar refractivity (Wildman–Crippen MR) is 75.5 cm³/mol. The van der Waals surface area contributed by atoms with E-state index in [4.69, 9.17) is 0 Å². The minimum absolute atomic E-state index is 0.0934. The minimum Gasteiger partial charge on any atom is -0.305 e. The average molecular weight is 265 g/mol. The van der Waals surface area contributed by atoms with Crippen molar-refractivity contribution in [1.82, 2.24) is 25.5 Å². The summed E-state index contributed by atoms with van der Waals surface area (Å²) in [5.74, 6) is 2.54. The molecule has 1 heterocycles. The molecule has 2 rings (SSSR count). The molecule has 1 fully saturated rings. The summed E-state index contributed by atoms with van der Waals surface area (Å²) in [5, 5.41) is 15.6. The van der Waals surface area contributed by atoms with Gasteiger partial charge in [0.1, 0.15) is 0 Å². The summed E-state index contributed by atoms with van der Waals surface area (Å²) in [5.41, 5.74) is 0.0934. The van der Waals surface area contributed by atoms with Crippen molar-refractivity contribution in [3.63, 3.8) is 0 Å². The topological polar surface area (TPSA) is 55.6 Å². The first kappa shape index (κ1) is 14.4. The average Bonchev–Trinajstić information content (AvgIpc) is 2.73. The first-order chi connectivity index (χ1) is 8.94. The first-order valence-corrected chi connectivity index (χ1v) is 7.44. The van der Waals surface area contributed by atoms with Gasteiger partial charge in [-0.3, -0.25) is 0 Å². The van der Waals surface area contributed by atoms with Crippen LogP contribution >= 0.6 is 0 Å². The van der Waals surface area contributed by atoms with E-state index in [1.165, 1.54) is 25.7 Å². The Morgan fingerprint density at radius 1 is 1.32 bits per heavy atom. The fourth-order valence-electron chi connectivity index (χ4n) is 2.81. The second-order valence-corrected chi connectivity index (χ2v) is 7.02. The van der Waals surface area contributed by atoms with Crippen LogP contribution < -0.4 is 5.32 Å². The lowest BCUT2D eigenvalue weighted by Crippen LogP contribution is -2.36. The van der Waals surface area contributed by atoms with Crippen LogP contribution in [0, 0.1) is 11.8 Å². The van der Waals surface area contributed by atoms with Gasteiger partial charge in [-0.15, -0.1) is 5.10 Å². The number of hydrogen-bond donors (Lipinski definition) is 1. The Balaban J connectivity index is 1.91. The highest BCUT2D eigenvalue weighted by molar-refractivity contribution is 4.84. The summed E-state index contributed by atoms with van der Waals surface area (Å²) >= 11 is 0. The van der Waals surface area contributed by atoms with Gasteiger partial charge in [0.25, 0.3) is 0 Å². The molecule has 0 saturated heterocycles. The highest BCUT2D eigenvalue weighted by Crippen LogP contribution is 2.29. The van der Waals surface area contributed by atoms with Crippen LogP contribution in [-0.2, 0) is 13.1 Å². The highest BCUT2D eigenvalue weighted by Gasteiger charge is 2.21. The van der Waals surface area contributed by atoms with Gasteiger partial charge in [0.05, 0.1) is 6.54 Å². The van der Waals surface area contributed by atoms with E-state index >= 15 is 0 Å². The molecular formula is C14H27N5. The molecule has 1 aliphatic carbocycles. The second kappa shape index (κ2) is 5.99. The SMILES string of the molecule is CC1CCCC(Cn2nnnc2CNC(C)(C)C)C1. The molecule has 108 valence electrons. The number of nitrogens with zero attached hydrogens (tertiary/aromatic N) is 4. The predicted octanol–water partition coefficient (Wildman–Crippen LogP) is 2.39. The van der Waals surface area contributed by atoms with E-state index in [1.807, 2.05) is 4.68 Å². The monoisotopic (exact) mass is 265 g/mol. The van der Waals surface area contributed by atoms with Gasteiger partial charge in [0, 0.05) is 12.1 Å². The maximum Gasteiger partial charge on any atom is 0.165 e. The van der Waals surface area contributed by atoms with E-state index in [0.29, 0.717) is 0 Å². The number of hydrogen-bond acceptors (Lipinski definition) is 4. The van der Waals surface area contributed by atoms with E-state index < -0.39 is 0 Å². The summed E-state index contributed by atoms with van der Waals surface area (Å²) in [6, 6.07) is 0. The number of aromatic nitrogens is 4. The maximum atomic E-state index is 4.15. The van der Waals surface area contributed by atoms with Gasteiger partial charge in [-0.05, 0) is 55.9 Å². The van der Waals surface area contributed by atoms with Gasteiger partial charge in [-0.2, -0.15) is 0 Å². The van der Waals surface area contributed by atoms with Crippen LogP contribution in [0.2, 0.25) is 0 Å². The van der Waals surface area contributed by atoms with Crippen molar-refractivity contribution in [3.05, 3.63) is 5.82 Å². The van der Waals surface area contributed by atoms with Crippen molar-refractivity contribution in [2.75, 3.05) is 0 Å². The molecule has 5 heteroatoms. The van der Waals surface area contributed by atoms with Gasteiger partial charge in [-0.25, -0.2) is 4.68 Å². The van der Waals surface area contributed by atoms with Crippen molar-refractivity contribution in [1.29, 1.82) is 0 Å². The van der Waals surface area contributed by atoms with E-state index in [2.05, 4.69) is 48.5 Å². The zero-order valence-corrected chi connectivity index (χ0v) is 12.7. The number of tetrazole rings is 1. The molecule has 0 aliphatic heterocycles. The standard InChI is InChI=1S/C14H27N5/c1-11-6-5-7-12(8-11)10-19-13(16-17-18-19)9-15-14(2,3)4/h11-12,15H,5-10H2,1-4H3. The van der Waals surface area contributed by atoms with Crippen molar-refractivity contribution >= 4 is 0 Å². The largest absolute Gasteiger partial charge is 0.305 e. The molecule has 19 heavy (non-hydrogen) atoms. The van der Waals surface area contributed by atoms with Gasteiger partial charge in [0.15, 0.2) is 5.82 Å². The van der Waals surface area contributed by atoms with Crippen LogP contribution in [-0.4, -0.2) is 25.7 Å². The van der Waals surface area contributed by atoms with Crippen molar-refractivity contribution in [3.8, 4) is 0 Å². The van der Waals surface area contributed by atoms with Gasteiger partial charge < -0.3 is 5.32 Å². The molecule has 2 atom stereocenters. The third-order valence-electron chi connectivity index (χ3n) is 3.86. The molecule has 5 nitrogen and oxygen atoms in total. The minimum atomic E-state index is 0.0934. The highest BCUT2D eigenvalue weighted by atomic mass is 15.5. The van der Waals surface area contributed by atoms with Gasteiger partial charge in [-0.1, -0.05) is 19.8 Å². The number of nitrogens with one attached hydrogen (secondary N) is 1. The fourth-order valence-corrected chi connectivity index (χ4v) is 2.81.